The van der Waals surface area contributed by atoms with Crippen LogP contribution < -0.4 is 10.1 Å². The lowest BCUT2D eigenvalue weighted by atomic mass is 10.0. The molecule has 0 bridgehead atoms. The van der Waals surface area contributed by atoms with Crippen molar-refractivity contribution < 1.29 is 13.9 Å². The van der Waals surface area contributed by atoms with E-state index in [0.29, 0.717) is 12.5 Å². The summed E-state index contributed by atoms with van der Waals surface area (Å²) in [5.41, 5.74) is 3.27. The second kappa shape index (κ2) is 9.37. The summed E-state index contributed by atoms with van der Waals surface area (Å²) in [5.74, 6) is 0.746. The Bertz CT molecular complexity index is 725. The van der Waals surface area contributed by atoms with Crippen molar-refractivity contribution in [2.75, 3.05) is 6.54 Å². The number of rotatable bonds is 8. The van der Waals surface area contributed by atoms with Gasteiger partial charge in [0, 0.05) is 6.54 Å². The van der Waals surface area contributed by atoms with Crippen LogP contribution in [0.15, 0.2) is 42.5 Å². The number of ether oxygens (including phenoxy) is 1. The zero-order valence-electron chi connectivity index (χ0n) is 16.0. The lowest BCUT2D eigenvalue weighted by molar-refractivity contribution is -0.127. The molecular formula is C22H28FNO2. The van der Waals surface area contributed by atoms with Crippen molar-refractivity contribution in [3.63, 3.8) is 0 Å². The second-order valence-corrected chi connectivity index (χ2v) is 6.98. The molecule has 140 valence electrons. The smallest absolute Gasteiger partial charge is 0.260 e. The summed E-state index contributed by atoms with van der Waals surface area (Å²) in [7, 11) is 0. The molecule has 1 amide bonds. The molecule has 0 radical (unpaired) electrons. The van der Waals surface area contributed by atoms with E-state index >= 15 is 0 Å². The third-order valence-electron chi connectivity index (χ3n) is 4.32. The van der Waals surface area contributed by atoms with E-state index in [1.54, 1.807) is 19.1 Å². The van der Waals surface area contributed by atoms with Crippen molar-refractivity contribution in [2.24, 2.45) is 0 Å². The van der Waals surface area contributed by atoms with Crippen molar-refractivity contribution >= 4 is 5.91 Å². The lowest BCUT2D eigenvalue weighted by Gasteiger charge is -2.19. The van der Waals surface area contributed by atoms with E-state index in [4.69, 9.17) is 4.74 Å². The highest BCUT2D eigenvalue weighted by atomic mass is 19.1. The first-order chi connectivity index (χ1) is 12.4. The standard InChI is InChI=1S/C22H28FNO2/c1-15(2)20-12-7-16(3)14-21(20)26-17(4)22(25)24-13-5-6-18-8-10-19(23)11-9-18/h7-12,14-15,17H,5-6,13H2,1-4H3,(H,24,25). The van der Waals surface area contributed by atoms with Gasteiger partial charge >= 0.3 is 0 Å². The van der Waals surface area contributed by atoms with Gasteiger partial charge in [0.05, 0.1) is 0 Å². The van der Waals surface area contributed by atoms with Crippen molar-refractivity contribution in [2.45, 2.75) is 52.6 Å². The molecule has 0 fully saturated rings. The van der Waals surface area contributed by atoms with Gasteiger partial charge in [0.1, 0.15) is 11.6 Å². The Hall–Kier alpha value is -2.36. The van der Waals surface area contributed by atoms with Crippen LogP contribution in [0, 0.1) is 12.7 Å². The SMILES string of the molecule is Cc1ccc(C(C)C)c(OC(C)C(=O)NCCCc2ccc(F)cc2)c1. The molecule has 4 heteroatoms. The third-order valence-corrected chi connectivity index (χ3v) is 4.32. The number of carbonyl (C=O) groups is 1. The van der Waals surface area contributed by atoms with E-state index in [1.165, 1.54) is 12.1 Å². The first-order valence-electron chi connectivity index (χ1n) is 9.16. The van der Waals surface area contributed by atoms with Gasteiger partial charge in [-0.1, -0.05) is 38.1 Å². The molecule has 0 saturated heterocycles. The van der Waals surface area contributed by atoms with Gasteiger partial charge in [-0.15, -0.1) is 0 Å². The molecule has 1 unspecified atom stereocenters. The summed E-state index contributed by atoms with van der Waals surface area (Å²) in [6, 6.07) is 12.6. The van der Waals surface area contributed by atoms with Crippen LogP contribution in [0.25, 0.3) is 0 Å². The molecule has 0 spiro atoms. The summed E-state index contributed by atoms with van der Waals surface area (Å²) in [5, 5.41) is 2.91. The van der Waals surface area contributed by atoms with Gasteiger partial charge in [-0.3, -0.25) is 4.79 Å². The van der Waals surface area contributed by atoms with Gasteiger partial charge in [-0.05, 0) is 67.5 Å². The number of halogens is 1. The highest BCUT2D eigenvalue weighted by molar-refractivity contribution is 5.80. The maximum Gasteiger partial charge on any atom is 0.260 e. The molecular weight excluding hydrogens is 329 g/mol. The van der Waals surface area contributed by atoms with Gasteiger partial charge in [0.2, 0.25) is 0 Å². The Morgan fingerprint density at radius 2 is 1.81 bits per heavy atom. The Labute approximate surface area is 155 Å². The van der Waals surface area contributed by atoms with Crippen LogP contribution in [-0.4, -0.2) is 18.6 Å². The zero-order chi connectivity index (χ0) is 19.1. The summed E-state index contributed by atoms with van der Waals surface area (Å²) in [6.45, 7) is 8.56. The minimum atomic E-state index is -0.555. The summed E-state index contributed by atoms with van der Waals surface area (Å²) in [6.07, 6.45) is 1.04. The van der Waals surface area contributed by atoms with E-state index in [9.17, 15) is 9.18 Å². The van der Waals surface area contributed by atoms with E-state index in [2.05, 4.69) is 31.3 Å². The van der Waals surface area contributed by atoms with Gasteiger partial charge in [-0.2, -0.15) is 0 Å². The van der Waals surface area contributed by atoms with Crippen molar-refractivity contribution in [3.05, 3.63) is 65.0 Å². The average molecular weight is 357 g/mol. The molecule has 0 aliphatic heterocycles. The van der Waals surface area contributed by atoms with Crippen molar-refractivity contribution in [1.82, 2.24) is 5.32 Å². The molecule has 1 atom stereocenters. The highest BCUT2D eigenvalue weighted by Crippen LogP contribution is 2.28. The monoisotopic (exact) mass is 357 g/mol. The number of carbonyl (C=O) groups excluding carboxylic acids is 1. The second-order valence-electron chi connectivity index (χ2n) is 6.98. The van der Waals surface area contributed by atoms with Gasteiger partial charge in [0.15, 0.2) is 6.10 Å². The Morgan fingerprint density at radius 1 is 1.12 bits per heavy atom. The van der Waals surface area contributed by atoms with E-state index in [0.717, 1.165) is 35.3 Å². The fourth-order valence-electron chi connectivity index (χ4n) is 2.76. The topological polar surface area (TPSA) is 38.3 Å². The minimum absolute atomic E-state index is 0.125. The summed E-state index contributed by atoms with van der Waals surface area (Å²) < 4.78 is 18.8. The maximum absolute atomic E-state index is 12.9. The molecule has 2 aromatic carbocycles. The number of hydrogen-bond donors (Lipinski definition) is 1. The van der Waals surface area contributed by atoms with Crippen LogP contribution in [0.1, 0.15) is 49.8 Å². The van der Waals surface area contributed by atoms with Crippen LogP contribution in [0.3, 0.4) is 0 Å². The predicted molar refractivity (Wildman–Crippen MR) is 103 cm³/mol. The molecule has 0 aromatic heterocycles. The molecule has 0 aliphatic rings. The lowest BCUT2D eigenvalue weighted by Crippen LogP contribution is -2.37. The van der Waals surface area contributed by atoms with Crippen LogP contribution in [0.4, 0.5) is 4.39 Å². The van der Waals surface area contributed by atoms with Gasteiger partial charge < -0.3 is 10.1 Å². The fraction of sp³-hybridized carbons (Fsp3) is 0.409. The largest absolute Gasteiger partial charge is 0.481 e. The van der Waals surface area contributed by atoms with E-state index in [-0.39, 0.29) is 11.7 Å². The molecule has 0 aliphatic carbocycles. The van der Waals surface area contributed by atoms with Gasteiger partial charge in [0.25, 0.3) is 5.91 Å². The van der Waals surface area contributed by atoms with Crippen LogP contribution in [-0.2, 0) is 11.2 Å². The average Bonchev–Trinajstić information content (AvgIpc) is 2.59. The predicted octanol–water partition coefficient (Wildman–Crippen LogP) is 4.77. The number of aryl methyl sites for hydroxylation is 2. The molecule has 2 aromatic rings. The van der Waals surface area contributed by atoms with E-state index in [1.807, 2.05) is 13.0 Å². The normalized spacial score (nSPS) is 12.1. The Morgan fingerprint density at radius 3 is 2.46 bits per heavy atom. The molecule has 26 heavy (non-hydrogen) atoms. The summed E-state index contributed by atoms with van der Waals surface area (Å²) in [4.78, 5) is 12.3. The minimum Gasteiger partial charge on any atom is -0.481 e. The molecule has 0 saturated carbocycles. The number of benzene rings is 2. The van der Waals surface area contributed by atoms with Crippen molar-refractivity contribution in [3.8, 4) is 5.75 Å². The first kappa shape index (κ1) is 20.0. The van der Waals surface area contributed by atoms with Crippen molar-refractivity contribution in [1.29, 1.82) is 0 Å². The number of hydrogen-bond acceptors (Lipinski definition) is 2. The Balaban J connectivity index is 1.82. The molecule has 2 rings (SSSR count). The van der Waals surface area contributed by atoms with Crippen LogP contribution >= 0.6 is 0 Å². The van der Waals surface area contributed by atoms with Crippen LogP contribution in [0.5, 0.6) is 5.75 Å². The first-order valence-corrected chi connectivity index (χ1v) is 9.16. The molecule has 3 nitrogen and oxygen atoms in total. The fourth-order valence-corrected chi connectivity index (χ4v) is 2.76. The van der Waals surface area contributed by atoms with Crippen LogP contribution in [0.2, 0.25) is 0 Å². The molecule has 1 N–H and O–H groups in total. The van der Waals surface area contributed by atoms with E-state index < -0.39 is 6.10 Å². The van der Waals surface area contributed by atoms with Gasteiger partial charge in [-0.25, -0.2) is 4.39 Å². The quantitative estimate of drug-likeness (QED) is 0.691. The maximum atomic E-state index is 12.9. The highest BCUT2D eigenvalue weighted by Gasteiger charge is 2.17. The Kier molecular flexibility index (Phi) is 7.19. The number of nitrogens with one attached hydrogen (secondary N) is 1. The molecule has 0 heterocycles. The zero-order valence-corrected chi connectivity index (χ0v) is 16.0. The summed E-state index contributed by atoms with van der Waals surface area (Å²) >= 11 is 0. The third kappa shape index (κ3) is 5.87. The number of amides is 1.